The molecule has 30 heavy (non-hydrogen) atoms. The summed E-state index contributed by atoms with van der Waals surface area (Å²) in [5.74, 6) is 6.86. The van der Waals surface area contributed by atoms with Crippen LogP contribution in [0.25, 0.3) is 0 Å². The zero-order chi connectivity index (χ0) is 20.9. The number of carboxylic acids is 1. The second-order valence-electron chi connectivity index (χ2n) is 9.50. The number of rotatable bonds is 4. The average molecular weight is 402 g/mol. The summed E-state index contributed by atoms with van der Waals surface area (Å²) in [6.45, 7) is 4.81. The first-order valence-corrected chi connectivity index (χ1v) is 10.6. The van der Waals surface area contributed by atoms with Gasteiger partial charge in [0.15, 0.2) is 0 Å². The predicted octanol–water partition coefficient (Wildman–Crippen LogP) is 3.67. The Morgan fingerprint density at radius 3 is 2.53 bits per heavy atom. The zero-order valence-electron chi connectivity index (χ0n) is 17.6. The molecule has 0 unspecified atom stereocenters. The monoisotopic (exact) mass is 401 g/mol. The molecule has 0 amide bonds. The van der Waals surface area contributed by atoms with E-state index in [0.717, 1.165) is 67.8 Å². The summed E-state index contributed by atoms with van der Waals surface area (Å²) in [4.78, 5) is 13.8. The van der Waals surface area contributed by atoms with E-state index >= 15 is 0 Å². The van der Waals surface area contributed by atoms with E-state index in [1.54, 1.807) is 7.11 Å². The summed E-state index contributed by atoms with van der Waals surface area (Å²) in [7, 11) is 1.68. The smallest absolute Gasteiger partial charge is 0.310 e. The highest BCUT2D eigenvalue weighted by atomic mass is 16.5. The molecule has 4 heteroatoms. The highest BCUT2D eigenvalue weighted by Crippen LogP contribution is 2.50. The molecule has 0 atom stereocenters. The van der Waals surface area contributed by atoms with Gasteiger partial charge in [0.05, 0.1) is 12.5 Å². The molecule has 0 bridgehead atoms. The van der Waals surface area contributed by atoms with Gasteiger partial charge in [0, 0.05) is 36.2 Å². The van der Waals surface area contributed by atoms with E-state index in [4.69, 9.17) is 4.74 Å². The Balaban J connectivity index is 1.25. The van der Waals surface area contributed by atoms with Gasteiger partial charge in [0.25, 0.3) is 0 Å². The maximum Gasteiger partial charge on any atom is 0.310 e. The number of nitrogens with zero attached hydrogens (tertiary/aromatic N) is 1. The minimum absolute atomic E-state index is 0.301. The van der Waals surface area contributed by atoms with Crippen molar-refractivity contribution in [3.8, 4) is 17.6 Å². The van der Waals surface area contributed by atoms with Crippen molar-refractivity contribution in [2.45, 2.75) is 32.6 Å². The normalized spacial score (nSPS) is 20.1. The van der Waals surface area contributed by atoms with Crippen LogP contribution in [0.2, 0.25) is 0 Å². The van der Waals surface area contributed by atoms with Crippen LogP contribution >= 0.6 is 0 Å². The number of ether oxygens (including phenoxy) is 1. The highest BCUT2D eigenvalue weighted by Gasteiger charge is 2.55. The average Bonchev–Trinajstić information content (AvgIpc) is 3.39. The number of carboxylic acid groups (broad SMARTS) is 1. The number of hydrogen-bond acceptors (Lipinski definition) is 3. The molecule has 1 N–H and O–H groups in total. The maximum atomic E-state index is 11.5. The predicted molar refractivity (Wildman–Crippen MR) is 116 cm³/mol. The van der Waals surface area contributed by atoms with Gasteiger partial charge in [-0.25, -0.2) is 0 Å². The van der Waals surface area contributed by atoms with Gasteiger partial charge in [-0.2, -0.15) is 0 Å². The molecule has 1 aliphatic heterocycles. The lowest BCUT2D eigenvalue weighted by atomic mass is 9.76. The third-order valence-corrected chi connectivity index (χ3v) is 7.06. The molecule has 1 heterocycles. The molecule has 4 nitrogen and oxygen atoms in total. The maximum absolute atomic E-state index is 11.5. The minimum atomic E-state index is -0.617. The topological polar surface area (TPSA) is 49.8 Å². The molecule has 0 aromatic heterocycles. The van der Waals surface area contributed by atoms with Gasteiger partial charge in [-0.1, -0.05) is 17.9 Å². The number of fused-ring (bicyclic) bond motifs is 1. The van der Waals surface area contributed by atoms with Crippen molar-refractivity contribution in [3.05, 3.63) is 64.2 Å². The molecule has 2 aliphatic carbocycles. The van der Waals surface area contributed by atoms with Gasteiger partial charge in [-0.05, 0) is 79.6 Å². The van der Waals surface area contributed by atoms with E-state index in [0.29, 0.717) is 5.41 Å². The number of aryl methyl sites for hydroxylation is 1. The van der Waals surface area contributed by atoms with Crippen LogP contribution in [0.4, 0.5) is 0 Å². The van der Waals surface area contributed by atoms with Crippen molar-refractivity contribution in [1.29, 1.82) is 0 Å². The Bertz CT molecular complexity index is 1080. The molecule has 0 radical (unpaired) electrons. The molecule has 2 aromatic carbocycles. The van der Waals surface area contributed by atoms with Gasteiger partial charge >= 0.3 is 5.97 Å². The van der Waals surface area contributed by atoms with Gasteiger partial charge in [0.1, 0.15) is 5.75 Å². The summed E-state index contributed by atoms with van der Waals surface area (Å²) < 4.78 is 5.27. The van der Waals surface area contributed by atoms with E-state index in [9.17, 15) is 9.90 Å². The van der Waals surface area contributed by atoms with Crippen molar-refractivity contribution in [3.63, 3.8) is 0 Å². The fourth-order valence-electron chi connectivity index (χ4n) is 5.21. The zero-order valence-corrected chi connectivity index (χ0v) is 17.6. The first-order chi connectivity index (χ1) is 14.4. The van der Waals surface area contributed by atoms with E-state index in [1.807, 2.05) is 18.2 Å². The Labute approximate surface area is 177 Å². The Morgan fingerprint density at radius 2 is 1.87 bits per heavy atom. The van der Waals surface area contributed by atoms with Crippen molar-refractivity contribution >= 4 is 5.97 Å². The number of carbonyl (C=O) groups is 1. The molecule has 2 aromatic rings. The molecular formula is C26H27NO3. The first-order valence-electron chi connectivity index (χ1n) is 10.6. The molecule has 1 saturated heterocycles. The van der Waals surface area contributed by atoms with Gasteiger partial charge in [-0.15, -0.1) is 0 Å². The van der Waals surface area contributed by atoms with Crippen molar-refractivity contribution < 1.29 is 14.6 Å². The fraction of sp³-hybridized carbons (Fsp3) is 0.423. The minimum Gasteiger partial charge on any atom is -0.497 e. The lowest BCUT2D eigenvalue weighted by Crippen LogP contribution is -2.58. The second kappa shape index (κ2) is 6.89. The van der Waals surface area contributed by atoms with E-state index in [2.05, 4.69) is 41.9 Å². The van der Waals surface area contributed by atoms with Crippen LogP contribution in [0.15, 0.2) is 36.4 Å². The summed E-state index contributed by atoms with van der Waals surface area (Å²) in [6.07, 6.45) is 3.85. The van der Waals surface area contributed by atoms with Gasteiger partial charge in [0.2, 0.25) is 0 Å². The van der Waals surface area contributed by atoms with Crippen molar-refractivity contribution in [2.24, 2.45) is 10.8 Å². The SMILES string of the molecule is COc1ccc(C#Cc2ccc3c(c2)CC2(C3)CN(CC3(C(=O)O)CC3)C2)c(C)c1. The lowest BCUT2D eigenvalue weighted by Gasteiger charge is -2.49. The Morgan fingerprint density at radius 1 is 1.10 bits per heavy atom. The summed E-state index contributed by atoms with van der Waals surface area (Å²) in [6, 6.07) is 12.6. The lowest BCUT2D eigenvalue weighted by molar-refractivity contribution is -0.145. The standard InChI is InChI=1S/C26H27NO3/c1-18-11-23(30-2)8-7-20(18)5-3-19-4-6-21-13-25(14-22(21)12-19)15-27(16-25)17-26(9-10-26)24(28)29/h4,6-8,11-12H,9-10,13-17H2,1-2H3,(H,28,29). The number of hydrogen-bond donors (Lipinski definition) is 1. The van der Waals surface area contributed by atoms with Crippen LogP contribution in [0.5, 0.6) is 5.75 Å². The Hall–Kier alpha value is -2.77. The number of benzene rings is 2. The van der Waals surface area contributed by atoms with Crippen molar-refractivity contribution in [2.75, 3.05) is 26.7 Å². The molecular weight excluding hydrogens is 374 g/mol. The van der Waals surface area contributed by atoms with Gasteiger partial charge in [-0.3, -0.25) is 4.79 Å². The van der Waals surface area contributed by atoms with Crippen LogP contribution < -0.4 is 4.74 Å². The fourth-order valence-corrected chi connectivity index (χ4v) is 5.21. The first kappa shape index (κ1) is 19.2. The Kier molecular flexibility index (Phi) is 4.41. The van der Waals surface area contributed by atoms with Crippen molar-refractivity contribution in [1.82, 2.24) is 4.90 Å². The summed E-state index contributed by atoms with van der Waals surface area (Å²) in [5, 5.41) is 9.43. The molecule has 2 fully saturated rings. The van der Waals surface area contributed by atoms with Crippen LogP contribution in [0.3, 0.4) is 0 Å². The number of likely N-dealkylation sites (tertiary alicyclic amines) is 1. The van der Waals surface area contributed by atoms with Crippen LogP contribution in [-0.2, 0) is 17.6 Å². The molecule has 3 aliphatic rings. The summed E-state index contributed by atoms with van der Waals surface area (Å²) in [5.41, 5.74) is 5.89. The highest BCUT2D eigenvalue weighted by molar-refractivity contribution is 5.78. The molecule has 1 spiro atoms. The number of aliphatic carboxylic acids is 1. The third kappa shape index (κ3) is 3.38. The summed E-state index contributed by atoms with van der Waals surface area (Å²) >= 11 is 0. The number of methoxy groups -OCH3 is 1. The van der Waals surface area contributed by atoms with E-state index in [-0.39, 0.29) is 0 Å². The molecule has 1 saturated carbocycles. The van der Waals surface area contributed by atoms with Crippen LogP contribution in [-0.4, -0.2) is 42.7 Å². The van der Waals surface area contributed by atoms with Crippen LogP contribution in [0.1, 0.15) is 40.7 Å². The van der Waals surface area contributed by atoms with Gasteiger partial charge < -0.3 is 14.7 Å². The van der Waals surface area contributed by atoms with E-state index in [1.165, 1.54) is 11.1 Å². The second-order valence-corrected chi connectivity index (χ2v) is 9.50. The molecule has 154 valence electrons. The van der Waals surface area contributed by atoms with E-state index < -0.39 is 11.4 Å². The molecule has 5 rings (SSSR count). The quantitative estimate of drug-likeness (QED) is 0.795. The largest absolute Gasteiger partial charge is 0.497 e. The van der Waals surface area contributed by atoms with Crippen LogP contribution in [0, 0.1) is 29.6 Å². The third-order valence-electron chi connectivity index (χ3n) is 7.06.